The zero-order valence-corrected chi connectivity index (χ0v) is 21.5. The minimum Gasteiger partial charge on any atom is -0.369 e. The molecule has 0 radical (unpaired) electrons. The van der Waals surface area contributed by atoms with E-state index in [-0.39, 0.29) is 5.69 Å². The van der Waals surface area contributed by atoms with Crippen LogP contribution in [0, 0.1) is 0 Å². The first-order valence-electron chi connectivity index (χ1n) is 11.4. The van der Waals surface area contributed by atoms with Crippen LogP contribution in [0.5, 0.6) is 0 Å². The Kier molecular flexibility index (Phi) is 6.70. The lowest BCUT2D eigenvalue weighted by Gasteiger charge is -2.22. The van der Waals surface area contributed by atoms with E-state index >= 15 is 0 Å². The second-order valence-electron chi connectivity index (χ2n) is 8.56. The van der Waals surface area contributed by atoms with Gasteiger partial charge in [-0.15, -0.1) is 11.8 Å². The smallest absolute Gasteiger partial charge is 0.269 e. The van der Waals surface area contributed by atoms with Gasteiger partial charge in [-0.1, -0.05) is 24.3 Å². The van der Waals surface area contributed by atoms with Crippen LogP contribution >= 0.6 is 11.8 Å². The molecule has 0 fully saturated rings. The average Bonchev–Trinajstić information content (AvgIpc) is 3.29. The zero-order chi connectivity index (χ0) is 25.4. The van der Waals surface area contributed by atoms with Crippen LogP contribution in [0.15, 0.2) is 76.5 Å². The van der Waals surface area contributed by atoms with Gasteiger partial charge < -0.3 is 16.2 Å². The van der Waals surface area contributed by atoms with Gasteiger partial charge in [-0.05, 0) is 67.1 Å². The van der Waals surface area contributed by atoms with Gasteiger partial charge >= 0.3 is 0 Å². The first-order valence-corrected chi connectivity index (χ1v) is 14.2. The number of amides is 1. The third-order valence-electron chi connectivity index (χ3n) is 6.38. The van der Waals surface area contributed by atoms with Crippen molar-refractivity contribution in [2.45, 2.75) is 28.9 Å². The number of fused-ring (bicyclic) bond motifs is 3. The minimum absolute atomic E-state index is 0.256. The molecular formula is C27H26N4O3S2. The van der Waals surface area contributed by atoms with E-state index in [4.69, 9.17) is 5.73 Å². The van der Waals surface area contributed by atoms with Gasteiger partial charge in [0.2, 0.25) is 0 Å². The molecule has 1 aliphatic rings. The van der Waals surface area contributed by atoms with Crippen LogP contribution in [0.3, 0.4) is 0 Å². The van der Waals surface area contributed by atoms with E-state index in [1.165, 1.54) is 0 Å². The predicted octanol–water partition coefficient (Wildman–Crippen LogP) is 4.30. The first-order chi connectivity index (χ1) is 17.4. The molecular weight excluding hydrogens is 492 g/mol. The number of nitrogens with two attached hydrogens (primary N) is 1. The Morgan fingerprint density at radius 1 is 1.14 bits per heavy atom. The lowest BCUT2D eigenvalue weighted by atomic mass is 9.88. The van der Waals surface area contributed by atoms with Crippen molar-refractivity contribution >= 4 is 34.2 Å². The molecule has 1 aliphatic carbocycles. The average molecular weight is 519 g/mol. The topological polar surface area (TPSA) is 110 Å². The van der Waals surface area contributed by atoms with Crippen molar-refractivity contribution in [3.8, 4) is 16.9 Å². The summed E-state index contributed by atoms with van der Waals surface area (Å²) in [4.78, 5) is 14.0. The van der Waals surface area contributed by atoms with Crippen molar-refractivity contribution in [1.29, 1.82) is 0 Å². The largest absolute Gasteiger partial charge is 0.369 e. The van der Waals surface area contributed by atoms with Crippen LogP contribution in [0.2, 0.25) is 0 Å². The number of rotatable bonds is 7. The van der Waals surface area contributed by atoms with E-state index in [2.05, 4.69) is 10.4 Å². The van der Waals surface area contributed by atoms with Gasteiger partial charge in [0.1, 0.15) is 0 Å². The molecule has 9 heteroatoms. The normalized spacial score (nSPS) is 14.0. The second kappa shape index (κ2) is 9.93. The Bertz CT molecular complexity index is 1480. The Hall–Kier alpha value is -3.40. The third-order valence-corrected chi connectivity index (χ3v) is 8.12. The summed E-state index contributed by atoms with van der Waals surface area (Å²) in [7, 11) is -1.10. The number of carbonyl (C=O) groups excluding carboxylic acids is 1. The molecule has 4 aromatic rings. The molecule has 7 nitrogen and oxygen atoms in total. The van der Waals surface area contributed by atoms with Gasteiger partial charge in [0, 0.05) is 49.2 Å². The van der Waals surface area contributed by atoms with Crippen molar-refractivity contribution < 1.29 is 14.1 Å². The van der Waals surface area contributed by atoms with E-state index in [0.29, 0.717) is 11.3 Å². The molecule has 2 atom stereocenters. The van der Waals surface area contributed by atoms with Gasteiger partial charge in [0.05, 0.1) is 11.4 Å². The predicted molar refractivity (Wildman–Crippen MR) is 144 cm³/mol. The fourth-order valence-corrected chi connectivity index (χ4v) is 5.77. The van der Waals surface area contributed by atoms with Crippen LogP contribution < -0.4 is 11.1 Å². The number of carbonyl (C=O) groups is 1. The van der Waals surface area contributed by atoms with E-state index in [0.717, 1.165) is 50.6 Å². The van der Waals surface area contributed by atoms with Gasteiger partial charge in [0.25, 0.3) is 5.91 Å². The van der Waals surface area contributed by atoms with Crippen molar-refractivity contribution in [2.75, 3.05) is 17.8 Å². The summed E-state index contributed by atoms with van der Waals surface area (Å²) in [6.45, 7) is 0. The third kappa shape index (κ3) is 4.45. The highest BCUT2D eigenvalue weighted by Gasteiger charge is 2.28. The molecule has 0 spiro atoms. The quantitative estimate of drug-likeness (QED) is 0.249. The number of anilines is 1. The first kappa shape index (κ1) is 24.3. The standard InChI is InChI=1S/C27H26N4O3S2/c1-35-23-6-4-3-5-20(23)27(33)29-17-9-7-16-8-14-21-24(26(28)32)30-31(25(21)22(16)15-17)18-10-12-19(13-11-18)36(2)34/h3-7,9-13,15,27,29,33H,8,14H2,1-2H3,(H2,28,32). The molecule has 0 saturated carbocycles. The molecule has 0 saturated heterocycles. The molecule has 1 heterocycles. The summed E-state index contributed by atoms with van der Waals surface area (Å²) < 4.78 is 13.6. The van der Waals surface area contributed by atoms with Gasteiger partial charge in [-0.25, -0.2) is 4.68 Å². The van der Waals surface area contributed by atoms with E-state index < -0.39 is 22.9 Å². The maximum Gasteiger partial charge on any atom is 0.269 e. The summed E-state index contributed by atoms with van der Waals surface area (Å²) in [6, 6.07) is 21.0. The monoisotopic (exact) mass is 518 g/mol. The number of hydrogen-bond donors (Lipinski definition) is 3. The summed E-state index contributed by atoms with van der Waals surface area (Å²) >= 11 is 1.58. The van der Waals surface area contributed by atoms with Crippen LogP contribution in [-0.4, -0.2) is 37.5 Å². The lowest BCUT2D eigenvalue weighted by molar-refractivity contribution is 0.0994. The van der Waals surface area contributed by atoms with Crippen LogP contribution in [0.4, 0.5) is 5.69 Å². The molecule has 1 aromatic heterocycles. The summed E-state index contributed by atoms with van der Waals surface area (Å²) in [5, 5.41) is 18.7. The number of hydrogen-bond acceptors (Lipinski definition) is 6. The van der Waals surface area contributed by atoms with E-state index in [1.807, 2.05) is 60.9 Å². The van der Waals surface area contributed by atoms with E-state index in [9.17, 15) is 14.1 Å². The SMILES string of the molecule is CSc1ccccc1C(O)Nc1ccc2c(c1)-c1c(c(C(N)=O)nn1-c1ccc(S(C)=O)cc1)CC2. The second-order valence-corrected chi connectivity index (χ2v) is 10.8. The number of aliphatic hydroxyl groups is 1. The number of nitrogens with one attached hydrogen (secondary N) is 1. The van der Waals surface area contributed by atoms with Crippen molar-refractivity contribution in [2.24, 2.45) is 5.73 Å². The molecule has 2 unspecified atom stereocenters. The van der Waals surface area contributed by atoms with Crippen molar-refractivity contribution in [3.63, 3.8) is 0 Å². The fourth-order valence-electron chi connectivity index (χ4n) is 4.62. The number of primary amides is 1. The number of aliphatic hydroxyl groups excluding tert-OH is 1. The van der Waals surface area contributed by atoms with Crippen molar-refractivity contribution in [3.05, 3.63) is 89.1 Å². The highest BCUT2D eigenvalue weighted by molar-refractivity contribution is 7.98. The maximum atomic E-state index is 12.3. The van der Waals surface area contributed by atoms with Gasteiger partial charge in [-0.3, -0.25) is 9.00 Å². The minimum atomic E-state index is -1.10. The molecule has 5 rings (SSSR count). The number of benzene rings is 3. The Morgan fingerprint density at radius 3 is 2.58 bits per heavy atom. The number of thioether (sulfide) groups is 1. The summed E-state index contributed by atoms with van der Waals surface area (Å²) in [5.74, 6) is -0.571. The van der Waals surface area contributed by atoms with Crippen molar-refractivity contribution in [1.82, 2.24) is 9.78 Å². The lowest BCUT2D eigenvalue weighted by Crippen LogP contribution is -2.15. The van der Waals surface area contributed by atoms with Crippen LogP contribution in [0.25, 0.3) is 16.9 Å². The Morgan fingerprint density at radius 2 is 1.89 bits per heavy atom. The Labute approximate surface area is 216 Å². The zero-order valence-electron chi connectivity index (χ0n) is 19.9. The number of aryl methyl sites for hydroxylation is 1. The number of nitrogens with zero attached hydrogens (tertiary/aromatic N) is 2. The highest BCUT2D eigenvalue weighted by atomic mass is 32.2. The molecule has 0 aliphatic heterocycles. The molecule has 0 bridgehead atoms. The molecule has 4 N–H and O–H groups in total. The summed E-state index contributed by atoms with van der Waals surface area (Å²) in [5.41, 5.74) is 11.9. The molecule has 1 amide bonds. The highest BCUT2D eigenvalue weighted by Crippen LogP contribution is 2.39. The van der Waals surface area contributed by atoms with Crippen LogP contribution in [-0.2, 0) is 23.6 Å². The fraction of sp³-hybridized carbons (Fsp3) is 0.185. The maximum absolute atomic E-state index is 12.3. The Balaban J connectivity index is 1.58. The van der Waals surface area contributed by atoms with Crippen LogP contribution in [0.1, 0.15) is 33.4 Å². The summed E-state index contributed by atoms with van der Waals surface area (Å²) in [6.07, 6.45) is 4.12. The van der Waals surface area contributed by atoms with E-state index in [1.54, 1.807) is 34.8 Å². The molecule has 184 valence electrons. The van der Waals surface area contributed by atoms with Gasteiger partial charge in [0.15, 0.2) is 11.9 Å². The number of aromatic nitrogens is 2. The van der Waals surface area contributed by atoms with Gasteiger partial charge in [-0.2, -0.15) is 5.10 Å². The molecule has 36 heavy (non-hydrogen) atoms. The molecule has 3 aromatic carbocycles.